The van der Waals surface area contributed by atoms with Crippen molar-refractivity contribution in [2.45, 2.75) is 12.8 Å². The summed E-state index contributed by atoms with van der Waals surface area (Å²) in [7, 11) is 2.98. The quantitative estimate of drug-likeness (QED) is 0.836. The molecule has 2 rings (SSSR count). The molecule has 0 saturated carbocycles. The Hall–Kier alpha value is -2.90. The van der Waals surface area contributed by atoms with Gasteiger partial charge < -0.3 is 15.8 Å². The first-order valence-corrected chi connectivity index (χ1v) is 6.87. The molecule has 0 saturated heterocycles. The summed E-state index contributed by atoms with van der Waals surface area (Å²) in [4.78, 5) is 23.2. The molecule has 0 bridgehead atoms. The van der Waals surface area contributed by atoms with E-state index in [0.717, 1.165) is 0 Å². The number of halogens is 1. The van der Waals surface area contributed by atoms with Crippen LogP contribution in [0.2, 0.25) is 0 Å². The van der Waals surface area contributed by atoms with Crippen LogP contribution in [0.1, 0.15) is 22.5 Å². The number of hydrogen-bond donors (Lipinski definition) is 2. The SMILES string of the molecule is COc1cccc(CCC(=O)Nc2cn(C)nc2C(N)=O)c1F. The van der Waals surface area contributed by atoms with Crippen molar-refractivity contribution in [1.82, 2.24) is 9.78 Å². The molecule has 0 aliphatic rings. The zero-order valence-corrected chi connectivity index (χ0v) is 12.8. The molecule has 3 N–H and O–H groups in total. The molecule has 2 aromatic rings. The Kier molecular flexibility index (Phi) is 4.95. The molecule has 23 heavy (non-hydrogen) atoms. The van der Waals surface area contributed by atoms with Gasteiger partial charge in [-0.1, -0.05) is 12.1 Å². The number of hydrogen-bond acceptors (Lipinski definition) is 4. The molecule has 7 nitrogen and oxygen atoms in total. The van der Waals surface area contributed by atoms with Crippen LogP contribution in [-0.4, -0.2) is 28.7 Å². The van der Waals surface area contributed by atoms with Crippen molar-refractivity contribution in [1.29, 1.82) is 0 Å². The zero-order chi connectivity index (χ0) is 17.0. The minimum absolute atomic E-state index is 0.0200. The van der Waals surface area contributed by atoms with Crippen LogP contribution in [-0.2, 0) is 18.3 Å². The molecule has 8 heteroatoms. The van der Waals surface area contributed by atoms with Crippen molar-refractivity contribution in [3.05, 3.63) is 41.5 Å². The van der Waals surface area contributed by atoms with E-state index in [0.29, 0.717) is 5.56 Å². The van der Waals surface area contributed by atoms with Gasteiger partial charge >= 0.3 is 0 Å². The minimum Gasteiger partial charge on any atom is -0.494 e. The van der Waals surface area contributed by atoms with Crippen molar-refractivity contribution in [2.24, 2.45) is 12.8 Å². The fourth-order valence-electron chi connectivity index (χ4n) is 2.13. The third-order valence-electron chi connectivity index (χ3n) is 3.22. The van der Waals surface area contributed by atoms with E-state index in [2.05, 4.69) is 10.4 Å². The summed E-state index contributed by atoms with van der Waals surface area (Å²) in [6.07, 6.45) is 1.71. The topological polar surface area (TPSA) is 99.2 Å². The van der Waals surface area contributed by atoms with E-state index in [-0.39, 0.29) is 35.9 Å². The number of benzene rings is 1. The van der Waals surface area contributed by atoms with E-state index < -0.39 is 11.7 Å². The lowest BCUT2D eigenvalue weighted by atomic mass is 10.1. The van der Waals surface area contributed by atoms with Gasteiger partial charge in [0.1, 0.15) is 0 Å². The van der Waals surface area contributed by atoms with E-state index in [4.69, 9.17) is 10.5 Å². The number of aromatic nitrogens is 2. The van der Waals surface area contributed by atoms with E-state index in [1.54, 1.807) is 19.2 Å². The lowest BCUT2D eigenvalue weighted by Gasteiger charge is -2.07. The highest BCUT2D eigenvalue weighted by atomic mass is 19.1. The first kappa shape index (κ1) is 16.5. The van der Waals surface area contributed by atoms with E-state index >= 15 is 0 Å². The van der Waals surface area contributed by atoms with Crippen LogP contribution in [0, 0.1) is 5.82 Å². The Labute approximate surface area is 132 Å². The van der Waals surface area contributed by atoms with E-state index in [1.807, 2.05) is 0 Å². The lowest BCUT2D eigenvalue weighted by molar-refractivity contribution is -0.116. The molecule has 1 aromatic heterocycles. The number of nitrogens with one attached hydrogen (secondary N) is 1. The van der Waals surface area contributed by atoms with Crippen molar-refractivity contribution in [3.8, 4) is 5.75 Å². The third kappa shape index (κ3) is 3.85. The summed E-state index contributed by atoms with van der Waals surface area (Å²) >= 11 is 0. The number of nitrogens with zero attached hydrogens (tertiary/aromatic N) is 2. The highest BCUT2D eigenvalue weighted by Gasteiger charge is 2.16. The summed E-state index contributed by atoms with van der Waals surface area (Å²) < 4.78 is 20.3. The summed E-state index contributed by atoms with van der Waals surface area (Å²) in [5.41, 5.74) is 5.78. The number of nitrogens with two attached hydrogens (primary N) is 1. The molecule has 0 aliphatic carbocycles. The highest BCUT2D eigenvalue weighted by molar-refractivity contribution is 6.01. The van der Waals surface area contributed by atoms with Crippen molar-refractivity contribution < 1.29 is 18.7 Å². The summed E-state index contributed by atoms with van der Waals surface area (Å²) in [6.45, 7) is 0. The maximum Gasteiger partial charge on any atom is 0.271 e. The molecule has 1 heterocycles. The molecule has 0 fully saturated rings. The van der Waals surface area contributed by atoms with Crippen molar-refractivity contribution in [3.63, 3.8) is 0 Å². The Morgan fingerprint density at radius 3 is 2.83 bits per heavy atom. The van der Waals surface area contributed by atoms with Crippen LogP contribution < -0.4 is 15.8 Å². The normalized spacial score (nSPS) is 10.4. The van der Waals surface area contributed by atoms with Gasteiger partial charge in [-0.15, -0.1) is 0 Å². The van der Waals surface area contributed by atoms with Crippen LogP contribution in [0.4, 0.5) is 10.1 Å². The molecule has 0 aliphatic heterocycles. The molecule has 122 valence electrons. The maximum atomic E-state index is 14.0. The van der Waals surface area contributed by atoms with Crippen molar-refractivity contribution >= 4 is 17.5 Å². The number of amides is 2. The number of rotatable bonds is 6. The second kappa shape index (κ2) is 6.91. The van der Waals surface area contributed by atoms with Crippen LogP contribution in [0.5, 0.6) is 5.75 Å². The Morgan fingerprint density at radius 2 is 2.17 bits per heavy atom. The van der Waals surface area contributed by atoms with Crippen LogP contribution in [0.15, 0.2) is 24.4 Å². The molecule has 2 amide bonds. The lowest BCUT2D eigenvalue weighted by Crippen LogP contribution is -2.18. The first-order chi connectivity index (χ1) is 10.9. The molecule has 0 atom stereocenters. The number of anilines is 1. The van der Waals surface area contributed by atoms with Crippen LogP contribution >= 0.6 is 0 Å². The molecule has 1 aromatic carbocycles. The number of carbonyl (C=O) groups excluding carboxylic acids is 2. The predicted octanol–water partition coefficient (Wildman–Crippen LogP) is 1.24. The van der Waals surface area contributed by atoms with Gasteiger partial charge in [0.25, 0.3) is 5.91 Å². The molecule has 0 spiro atoms. The van der Waals surface area contributed by atoms with Gasteiger partial charge in [-0.3, -0.25) is 14.3 Å². The fraction of sp³-hybridized carbons (Fsp3) is 0.267. The smallest absolute Gasteiger partial charge is 0.271 e. The number of methoxy groups -OCH3 is 1. The summed E-state index contributed by atoms with van der Waals surface area (Å²) in [5, 5.41) is 6.42. The average Bonchev–Trinajstić information content (AvgIpc) is 2.87. The van der Waals surface area contributed by atoms with Gasteiger partial charge in [0.05, 0.1) is 12.8 Å². The number of carbonyl (C=O) groups is 2. The largest absolute Gasteiger partial charge is 0.494 e. The zero-order valence-electron chi connectivity index (χ0n) is 12.8. The fourth-order valence-corrected chi connectivity index (χ4v) is 2.13. The van der Waals surface area contributed by atoms with Gasteiger partial charge in [0, 0.05) is 19.7 Å². The monoisotopic (exact) mass is 320 g/mol. The molecular weight excluding hydrogens is 303 g/mol. The number of ether oxygens (including phenoxy) is 1. The first-order valence-electron chi connectivity index (χ1n) is 6.87. The van der Waals surface area contributed by atoms with Gasteiger partial charge in [0.15, 0.2) is 17.3 Å². The predicted molar refractivity (Wildman–Crippen MR) is 81.6 cm³/mol. The Morgan fingerprint density at radius 1 is 1.43 bits per heavy atom. The van der Waals surface area contributed by atoms with E-state index in [1.165, 1.54) is 24.1 Å². The second-order valence-corrected chi connectivity index (χ2v) is 4.91. The standard InChI is InChI=1S/C15H17FN4O3/c1-20-8-10(14(19-20)15(17)22)18-12(21)7-6-9-4-3-5-11(23-2)13(9)16/h3-5,8H,6-7H2,1-2H3,(H2,17,22)(H,18,21). The van der Waals surface area contributed by atoms with Gasteiger partial charge in [-0.05, 0) is 18.1 Å². The van der Waals surface area contributed by atoms with Gasteiger partial charge in [0.2, 0.25) is 5.91 Å². The van der Waals surface area contributed by atoms with Crippen molar-refractivity contribution in [2.75, 3.05) is 12.4 Å². The summed E-state index contributed by atoms with van der Waals surface area (Å²) in [5.74, 6) is -1.46. The van der Waals surface area contributed by atoms with Crippen LogP contribution in [0.25, 0.3) is 0 Å². The minimum atomic E-state index is -0.736. The average molecular weight is 320 g/mol. The number of primary amides is 1. The van der Waals surface area contributed by atoms with E-state index in [9.17, 15) is 14.0 Å². The molecule has 0 unspecified atom stereocenters. The summed E-state index contributed by atoms with van der Waals surface area (Å²) in [6, 6.07) is 4.75. The maximum absolute atomic E-state index is 14.0. The number of aryl methyl sites for hydroxylation is 2. The Bertz CT molecular complexity index is 742. The third-order valence-corrected chi connectivity index (χ3v) is 3.22. The molecular formula is C15H17FN4O3. The van der Waals surface area contributed by atoms with Gasteiger partial charge in [-0.2, -0.15) is 5.10 Å². The Balaban J connectivity index is 2.02. The highest BCUT2D eigenvalue weighted by Crippen LogP contribution is 2.21. The van der Waals surface area contributed by atoms with Crippen LogP contribution in [0.3, 0.4) is 0 Å². The van der Waals surface area contributed by atoms with Gasteiger partial charge in [-0.25, -0.2) is 4.39 Å². The second-order valence-electron chi connectivity index (χ2n) is 4.91. The molecule has 0 radical (unpaired) electrons.